The topological polar surface area (TPSA) is 74.1 Å². The van der Waals surface area contributed by atoms with Crippen molar-refractivity contribution in [2.24, 2.45) is 0 Å². The minimum atomic E-state index is -0.605. The van der Waals surface area contributed by atoms with Crippen molar-refractivity contribution in [2.75, 3.05) is 49.1 Å². The number of anilines is 2. The molecule has 0 saturated carbocycles. The Morgan fingerprint density at radius 3 is 2.31 bits per heavy atom. The monoisotopic (exact) mass is 433 g/mol. The molecule has 0 spiro atoms. The van der Waals surface area contributed by atoms with E-state index in [1.54, 1.807) is 23.1 Å². The van der Waals surface area contributed by atoms with Crippen LogP contribution in [0, 0.1) is 0 Å². The third kappa shape index (κ3) is 4.23. The van der Waals surface area contributed by atoms with E-state index in [0.717, 1.165) is 36.1 Å². The van der Waals surface area contributed by atoms with Gasteiger partial charge in [-0.3, -0.25) is 9.59 Å². The number of nitrogens with zero attached hydrogens (tertiary/aromatic N) is 3. The maximum atomic E-state index is 13.1. The molecule has 0 bridgehead atoms. The van der Waals surface area contributed by atoms with Crippen LogP contribution in [0.15, 0.2) is 57.7 Å². The molecule has 1 aliphatic heterocycles. The molecule has 0 radical (unpaired) electrons. The van der Waals surface area contributed by atoms with Gasteiger partial charge in [0.15, 0.2) is 0 Å². The van der Waals surface area contributed by atoms with Gasteiger partial charge in [0, 0.05) is 67.7 Å². The molecule has 32 heavy (non-hydrogen) atoms. The number of carbonyl (C=O) groups is 2. The molecule has 7 heteroatoms. The van der Waals surface area contributed by atoms with Gasteiger partial charge in [-0.25, -0.2) is 4.79 Å². The number of aldehydes is 1. The average Bonchev–Trinajstić information content (AvgIpc) is 2.84. The molecule has 0 aliphatic carbocycles. The van der Waals surface area contributed by atoms with E-state index in [-0.39, 0.29) is 11.5 Å². The Hall–Kier alpha value is -3.61. The minimum Gasteiger partial charge on any atom is -0.422 e. The molecule has 2 heterocycles. The number of amides is 1. The Balaban J connectivity index is 1.49. The summed E-state index contributed by atoms with van der Waals surface area (Å²) in [6, 6.07) is 14.8. The lowest BCUT2D eigenvalue weighted by Crippen LogP contribution is -2.49. The third-order valence-electron chi connectivity index (χ3n) is 6.04. The lowest BCUT2D eigenvalue weighted by Gasteiger charge is -2.36. The highest BCUT2D eigenvalue weighted by Gasteiger charge is 2.25. The van der Waals surface area contributed by atoms with Crippen molar-refractivity contribution in [2.45, 2.75) is 13.8 Å². The van der Waals surface area contributed by atoms with E-state index >= 15 is 0 Å². The molecule has 0 atom stereocenters. The second-order valence-corrected chi connectivity index (χ2v) is 7.83. The fourth-order valence-corrected chi connectivity index (χ4v) is 4.14. The highest BCUT2D eigenvalue weighted by atomic mass is 16.4. The Morgan fingerprint density at radius 2 is 1.69 bits per heavy atom. The highest BCUT2D eigenvalue weighted by Crippen LogP contribution is 2.23. The summed E-state index contributed by atoms with van der Waals surface area (Å²) in [5.74, 6) is -0.301. The van der Waals surface area contributed by atoms with Gasteiger partial charge in [-0.15, -0.1) is 0 Å². The van der Waals surface area contributed by atoms with E-state index in [4.69, 9.17) is 4.42 Å². The molecular formula is C25H27N3O4. The number of carbonyl (C=O) groups excluding carboxylic acids is 2. The molecular weight excluding hydrogens is 406 g/mol. The van der Waals surface area contributed by atoms with Crippen LogP contribution in [-0.2, 0) is 0 Å². The van der Waals surface area contributed by atoms with Crippen molar-refractivity contribution in [3.63, 3.8) is 0 Å². The van der Waals surface area contributed by atoms with Gasteiger partial charge in [0.2, 0.25) is 0 Å². The second kappa shape index (κ2) is 9.26. The van der Waals surface area contributed by atoms with Crippen molar-refractivity contribution < 1.29 is 14.0 Å². The van der Waals surface area contributed by atoms with Gasteiger partial charge < -0.3 is 19.1 Å². The molecule has 4 rings (SSSR count). The Labute approximate surface area is 186 Å². The van der Waals surface area contributed by atoms with Crippen LogP contribution in [0.4, 0.5) is 11.4 Å². The predicted octanol–water partition coefficient (Wildman–Crippen LogP) is 3.41. The maximum absolute atomic E-state index is 13.1. The lowest BCUT2D eigenvalue weighted by atomic mass is 10.1. The van der Waals surface area contributed by atoms with E-state index in [0.29, 0.717) is 37.3 Å². The van der Waals surface area contributed by atoms with Gasteiger partial charge in [-0.05, 0) is 56.3 Å². The van der Waals surface area contributed by atoms with E-state index in [2.05, 4.69) is 23.6 Å². The summed E-state index contributed by atoms with van der Waals surface area (Å²) in [5, 5.41) is 0.734. The number of benzene rings is 2. The smallest absolute Gasteiger partial charge is 0.349 e. The van der Waals surface area contributed by atoms with E-state index < -0.39 is 5.63 Å². The fourth-order valence-electron chi connectivity index (χ4n) is 4.14. The normalized spacial score (nSPS) is 13.9. The number of rotatable bonds is 6. The lowest BCUT2D eigenvalue weighted by molar-refractivity contribution is 0.0742. The number of piperazine rings is 1. The van der Waals surface area contributed by atoms with Crippen LogP contribution in [0.3, 0.4) is 0 Å². The van der Waals surface area contributed by atoms with Gasteiger partial charge in [0.25, 0.3) is 5.91 Å². The highest BCUT2D eigenvalue weighted by molar-refractivity contribution is 5.97. The van der Waals surface area contributed by atoms with Crippen molar-refractivity contribution in [3.8, 4) is 0 Å². The van der Waals surface area contributed by atoms with Crippen LogP contribution in [0.2, 0.25) is 0 Å². The van der Waals surface area contributed by atoms with Crippen molar-refractivity contribution in [1.29, 1.82) is 0 Å². The summed E-state index contributed by atoms with van der Waals surface area (Å²) in [4.78, 5) is 42.5. The molecule has 1 saturated heterocycles. The van der Waals surface area contributed by atoms with Gasteiger partial charge in [-0.1, -0.05) is 0 Å². The van der Waals surface area contributed by atoms with E-state index in [1.807, 2.05) is 30.3 Å². The quantitative estimate of drug-likeness (QED) is 0.438. The number of hydrogen-bond donors (Lipinski definition) is 0. The standard InChI is InChI=1S/C25H27N3O4/c1-3-26(4-2)21-10-7-19-15-22(25(31)32-23(19)16-21)24(30)28-13-11-27(12-14-28)20-8-5-18(17-29)6-9-20/h5-10,15-17H,3-4,11-14H2,1-2H3. The van der Waals surface area contributed by atoms with Crippen molar-refractivity contribution in [3.05, 3.63) is 70.1 Å². The number of hydrogen-bond acceptors (Lipinski definition) is 6. The summed E-state index contributed by atoms with van der Waals surface area (Å²) < 4.78 is 5.53. The van der Waals surface area contributed by atoms with Gasteiger partial charge >= 0.3 is 5.63 Å². The zero-order valence-electron chi connectivity index (χ0n) is 18.4. The SMILES string of the molecule is CCN(CC)c1ccc2cc(C(=O)N3CCN(c4ccc(C=O)cc4)CC3)c(=O)oc2c1. The van der Waals surface area contributed by atoms with Crippen LogP contribution < -0.4 is 15.4 Å². The summed E-state index contributed by atoms with van der Waals surface area (Å²) >= 11 is 0. The molecule has 2 aromatic carbocycles. The summed E-state index contributed by atoms with van der Waals surface area (Å²) in [6.45, 7) is 8.18. The zero-order valence-corrected chi connectivity index (χ0v) is 18.4. The summed E-state index contributed by atoms with van der Waals surface area (Å²) in [7, 11) is 0. The largest absolute Gasteiger partial charge is 0.422 e. The predicted molar refractivity (Wildman–Crippen MR) is 126 cm³/mol. The van der Waals surface area contributed by atoms with Crippen LogP contribution in [0.1, 0.15) is 34.6 Å². The molecule has 1 aliphatic rings. The second-order valence-electron chi connectivity index (χ2n) is 7.83. The molecule has 166 valence electrons. The van der Waals surface area contributed by atoms with Gasteiger partial charge in [0.1, 0.15) is 17.4 Å². The van der Waals surface area contributed by atoms with Crippen LogP contribution in [0.5, 0.6) is 0 Å². The Bertz CT molecular complexity index is 1170. The van der Waals surface area contributed by atoms with E-state index in [9.17, 15) is 14.4 Å². The first-order valence-electron chi connectivity index (χ1n) is 11.0. The van der Waals surface area contributed by atoms with Gasteiger partial charge in [-0.2, -0.15) is 0 Å². The molecule has 1 amide bonds. The fraction of sp³-hybridized carbons (Fsp3) is 0.320. The first kappa shape index (κ1) is 21.6. The third-order valence-corrected chi connectivity index (χ3v) is 6.04. The molecule has 0 N–H and O–H groups in total. The zero-order chi connectivity index (χ0) is 22.7. The maximum Gasteiger partial charge on any atom is 0.349 e. The van der Waals surface area contributed by atoms with Crippen LogP contribution >= 0.6 is 0 Å². The van der Waals surface area contributed by atoms with Crippen molar-refractivity contribution >= 4 is 34.5 Å². The Morgan fingerprint density at radius 1 is 1.00 bits per heavy atom. The first-order chi connectivity index (χ1) is 15.5. The summed E-state index contributed by atoms with van der Waals surface area (Å²) in [6.07, 6.45) is 0.819. The number of fused-ring (bicyclic) bond motifs is 1. The van der Waals surface area contributed by atoms with Gasteiger partial charge in [0.05, 0.1) is 0 Å². The molecule has 1 fully saturated rings. The van der Waals surface area contributed by atoms with Crippen LogP contribution in [0.25, 0.3) is 11.0 Å². The summed E-state index contributed by atoms with van der Waals surface area (Å²) in [5.41, 5.74) is 2.58. The molecule has 1 aromatic heterocycles. The van der Waals surface area contributed by atoms with Crippen molar-refractivity contribution in [1.82, 2.24) is 4.90 Å². The first-order valence-corrected chi connectivity index (χ1v) is 11.0. The Kier molecular flexibility index (Phi) is 6.25. The molecule has 3 aromatic rings. The van der Waals surface area contributed by atoms with E-state index in [1.165, 1.54) is 0 Å². The minimum absolute atomic E-state index is 0.0666. The molecule has 0 unspecified atom stereocenters. The average molecular weight is 434 g/mol. The van der Waals surface area contributed by atoms with Crippen LogP contribution in [-0.4, -0.2) is 56.4 Å². The molecule has 7 nitrogen and oxygen atoms in total.